The highest BCUT2D eigenvalue weighted by molar-refractivity contribution is 6.00. The van der Waals surface area contributed by atoms with Gasteiger partial charge < -0.3 is 15.2 Å². The third-order valence-electron chi connectivity index (χ3n) is 2.79. The Hall–Kier alpha value is -2.48. The summed E-state index contributed by atoms with van der Waals surface area (Å²) in [5, 5.41) is 0. The smallest absolute Gasteiger partial charge is 0.268 e. The summed E-state index contributed by atoms with van der Waals surface area (Å²) in [5.74, 6) is 0.368. The van der Waals surface area contributed by atoms with Crippen LogP contribution in [0.4, 0.5) is 11.6 Å². The van der Waals surface area contributed by atoms with E-state index in [1.54, 1.807) is 13.0 Å². The number of nitrogens with zero attached hydrogens (tertiary/aromatic N) is 3. The van der Waals surface area contributed by atoms with Gasteiger partial charge in [-0.3, -0.25) is 14.5 Å². The minimum atomic E-state index is -1.07. The highest BCUT2D eigenvalue weighted by Gasteiger charge is 2.35. The number of nitrogen functional groups attached to an aromatic ring is 1. The molecule has 1 aromatic rings. The van der Waals surface area contributed by atoms with Crippen LogP contribution >= 0.6 is 0 Å². The van der Waals surface area contributed by atoms with Gasteiger partial charge in [0.25, 0.3) is 5.91 Å². The van der Waals surface area contributed by atoms with Crippen LogP contribution in [-0.2, 0) is 20.7 Å². The number of fused-ring (bicyclic) bond motifs is 1. The van der Waals surface area contributed by atoms with Crippen molar-refractivity contribution in [2.24, 2.45) is 0 Å². The van der Waals surface area contributed by atoms with E-state index >= 15 is 0 Å². The summed E-state index contributed by atoms with van der Waals surface area (Å²) in [6.07, 6.45) is 1.44. The van der Waals surface area contributed by atoms with Crippen molar-refractivity contribution < 1.29 is 19.1 Å². The Morgan fingerprint density at radius 1 is 1.57 bits per heavy atom. The van der Waals surface area contributed by atoms with E-state index in [1.165, 1.54) is 0 Å². The lowest BCUT2D eigenvalue weighted by atomic mass is 10.3. The average molecular weight is 292 g/mol. The third kappa shape index (κ3) is 2.84. The standard InChI is InChI=1S/C13H16N4O4/c1-3-5-8-15-12(14)11-13(16-8)17(9(19)7-21-11)10(6-18)20-4-2/h3,6,10H,1,4-5,7H2,2H3,(H2,14,15,16). The Balaban J connectivity index is 2.51. The van der Waals surface area contributed by atoms with Gasteiger partial charge in [0.2, 0.25) is 5.75 Å². The van der Waals surface area contributed by atoms with Crippen molar-refractivity contribution in [3.05, 3.63) is 18.5 Å². The van der Waals surface area contributed by atoms with Gasteiger partial charge in [-0.2, -0.15) is 0 Å². The molecule has 0 saturated carbocycles. The molecule has 0 spiro atoms. The zero-order valence-corrected chi connectivity index (χ0v) is 11.6. The van der Waals surface area contributed by atoms with Crippen molar-refractivity contribution in [3.8, 4) is 5.75 Å². The second-order valence-electron chi connectivity index (χ2n) is 4.21. The van der Waals surface area contributed by atoms with E-state index in [4.69, 9.17) is 15.2 Å². The van der Waals surface area contributed by atoms with Crippen molar-refractivity contribution >= 4 is 23.8 Å². The van der Waals surface area contributed by atoms with Gasteiger partial charge in [-0.15, -0.1) is 6.58 Å². The number of aldehydes is 1. The second-order valence-corrected chi connectivity index (χ2v) is 4.21. The minimum absolute atomic E-state index is 0.107. The number of allylic oxidation sites excluding steroid dienone is 1. The van der Waals surface area contributed by atoms with E-state index in [0.29, 0.717) is 18.5 Å². The first-order chi connectivity index (χ1) is 10.1. The summed E-state index contributed by atoms with van der Waals surface area (Å²) in [6.45, 7) is 5.34. The number of amides is 1. The monoisotopic (exact) mass is 292 g/mol. The number of hydrogen-bond donors (Lipinski definition) is 1. The molecule has 2 N–H and O–H groups in total. The van der Waals surface area contributed by atoms with Crippen molar-refractivity contribution in [1.82, 2.24) is 9.97 Å². The molecule has 8 nitrogen and oxygen atoms in total. The van der Waals surface area contributed by atoms with Crippen LogP contribution in [0.5, 0.6) is 5.75 Å². The number of carbonyl (C=O) groups excluding carboxylic acids is 2. The van der Waals surface area contributed by atoms with Crippen molar-refractivity contribution in [2.75, 3.05) is 23.8 Å². The van der Waals surface area contributed by atoms with Crippen LogP contribution in [0.1, 0.15) is 12.7 Å². The maximum atomic E-state index is 12.1. The van der Waals surface area contributed by atoms with Crippen LogP contribution in [-0.4, -0.2) is 41.6 Å². The summed E-state index contributed by atoms with van der Waals surface area (Å²) in [5.41, 5.74) is 5.82. The minimum Gasteiger partial charge on any atom is -0.476 e. The zero-order chi connectivity index (χ0) is 15.4. The lowest BCUT2D eigenvalue weighted by Gasteiger charge is -2.32. The Kier molecular flexibility index (Phi) is 4.49. The summed E-state index contributed by atoms with van der Waals surface area (Å²) < 4.78 is 10.5. The van der Waals surface area contributed by atoms with Crippen LogP contribution in [0, 0.1) is 0 Å². The maximum absolute atomic E-state index is 12.1. The molecule has 1 atom stereocenters. The summed E-state index contributed by atoms with van der Waals surface area (Å²) in [7, 11) is 0. The van der Waals surface area contributed by atoms with Gasteiger partial charge in [-0.1, -0.05) is 6.08 Å². The normalized spacial score (nSPS) is 15.1. The molecule has 0 aromatic carbocycles. The first-order valence-corrected chi connectivity index (χ1v) is 6.41. The predicted octanol–water partition coefficient (Wildman–Crippen LogP) is 0.0742. The molecule has 1 aliphatic rings. The number of hydrogen-bond acceptors (Lipinski definition) is 7. The molecule has 1 amide bonds. The highest BCUT2D eigenvalue weighted by Crippen LogP contribution is 2.35. The molecule has 0 radical (unpaired) electrons. The number of anilines is 2. The molecule has 0 bridgehead atoms. The van der Waals surface area contributed by atoms with E-state index in [2.05, 4.69) is 16.5 Å². The van der Waals surface area contributed by atoms with Crippen molar-refractivity contribution in [2.45, 2.75) is 19.6 Å². The quantitative estimate of drug-likeness (QED) is 0.584. The average Bonchev–Trinajstić information content (AvgIpc) is 2.45. The topological polar surface area (TPSA) is 108 Å². The van der Waals surface area contributed by atoms with E-state index < -0.39 is 12.1 Å². The van der Waals surface area contributed by atoms with Crippen molar-refractivity contribution in [1.29, 1.82) is 0 Å². The molecule has 112 valence electrons. The Morgan fingerprint density at radius 2 is 2.33 bits per heavy atom. The fourth-order valence-electron chi connectivity index (χ4n) is 1.95. The lowest BCUT2D eigenvalue weighted by Crippen LogP contribution is -2.48. The van der Waals surface area contributed by atoms with E-state index in [0.717, 1.165) is 4.90 Å². The van der Waals surface area contributed by atoms with Gasteiger partial charge in [-0.25, -0.2) is 9.97 Å². The van der Waals surface area contributed by atoms with Crippen LogP contribution in [0.25, 0.3) is 0 Å². The SMILES string of the molecule is C=CCc1nc(N)c2c(n1)N(C(C=O)OCC)C(=O)CO2. The van der Waals surface area contributed by atoms with Crippen molar-refractivity contribution in [3.63, 3.8) is 0 Å². The molecule has 0 aliphatic carbocycles. The third-order valence-corrected chi connectivity index (χ3v) is 2.79. The van der Waals surface area contributed by atoms with E-state index in [9.17, 15) is 9.59 Å². The lowest BCUT2D eigenvalue weighted by molar-refractivity contribution is -0.129. The maximum Gasteiger partial charge on any atom is 0.268 e. The molecule has 0 fully saturated rings. The Morgan fingerprint density at radius 3 is 2.95 bits per heavy atom. The summed E-state index contributed by atoms with van der Waals surface area (Å²) in [4.78, 5) is 32.7. The van der Waals surface area contributed by atoms with E-state index in [-0.39, 0.29) is 30.6 Å². The Bertz CT molecular complexity index is 576. The molecule has 2 rings (SSSR count). The van der Waals surface area contributed by atoms with Gasteiger partial charge >= 0.3 is 0 Å². The molecular formula is C13H16N4O4. The van der Waals surface area contributed by atoms with Crippen LogP contribution in [0.15, 0.2) is 12.7 Å². The van der Waals surface area contributed by atoms with Gasteiger partial charge in [-0.05, 0) is 6.92 Å². The molecule has 0 saturated heterocycles. The van der Waals surface area contributed by atoms with Crippen LogP contribution in [0.2, 0.25) is 0 Å². The fourth-order valence-corrected chi connectivity index (χ4v) is 1.95. The van der Waals surface area contributed by atoms with Gasteiger partial charge in [0.15, 0.2) is 30.8 Å². The Labute approximate surface area is 121 Å². The molecule has 1 aliphatic heterocycles. The number of carbonyl (C=O) groups is 2. The summed E-state index contributed by atoms with van der Waals surface area (Å²) >= 11 is 0. The number of rotatable bonds is 6. The first-order valence-electron chi connectivity index (χ1n) is 6.41. The second kappa shape index (κ2) is 6.31. The number of nitrogens with two attached hydrogens (primary N) is 1. The molecule has 1 unspecified atom stereocenters. The number of aromatic nitrogens is 2. The van der Waals surface area contributed by atoms with E-state index in [1.807, 2.05) is 0 Å². The van der Waals surface area contributed by atoms with Gasteiger partial charge in [0.05, 0.1) is 0 Å². The van der Waals surface area contributed by atoms with Crippen LogP contribution < -0.4 is 15.4 Å². The largest absolute Gasteiger partial charge is 0.476 e. The molecule has 21 heavy (non-hydrogen) atoms. The highest BCUT2D eigenvalue weighted by atomic mass is 16.5. The number of ether oxygens (including phenoxy) is 2. The van der Waals surface area contributed by atoms with Crippen LogP contribution in [0.3, 0.4) is 0 Å². The molecule has 1 aromatic heterocycles. The van der Waals surface area contributed by atoms with Gasteiger partial charge in [0, 0.05) is 13.0 Å². The summed E-state index contributed by atoms with van der Waals surface area (Å²) in [6, 6.07) is 0. The van der Waals surface area contributed by atoms with Gasteiger partial charge in [0.1, 0.15) is 5.82 Å². The molecular weight excluding hydrogens is 276 g/mol. The molecule has 2 heterocycles. The fraction of sp³-hybridized carbons (Fsp3) is 0.385. The zero-order valence-electron chi connectivity index (χ0n) is 11.6. The first kappa shape index (κ1) is 14.9. The predicted molar refractivity (Wildman–Crippen MR) is 74.8 cm³/mol. The molecule has 8 heteroatoms.